The molecule has 0 radical (unpaired) electrons. The molecule has 0 bridgehead atoms. The fourth-order valence-corrected chi connectivity index (χ4v) is 4.89. The number of hydrogen-bond acceptors (Lipinski definition) is 5. The molecule has 1 N–H and O–H groups in total. The van der Waals surface area contributed by atoms with Gasteiger partial charge in [-0.05, 0) is 42.5 Å². The third kappa shape index (κ3) is 5.40. The third-order valence-corrected chi connectivity index (χ3v) is 7.06. The standard InChI is InChI=1S/C19H21Cl2N3O4S/c1-28-15-3-5-16(6-4-15)29(26,27)24-10-8-23(9-11-24)13-19(25)22-18-7-2-14(20)12-17(18)21/h2-7,12H,8-11,13H2,1H3,(H,22,25). The van der Waals surface area contributed by atoms with Crippen LogP contribution in [0.3, 0.4) is 0 Å². The van der Waals surface area contributed by atoms with Gasteiger partial charge >= 0.3 is 0 Å². The van der Waals surface area contributed by atoms with Crippen molar-refractivity contribution in [3.63, 3.8) is 0 Å². The summed E-state index contributed by atoms with van der Waals surface area (Å²) in [7, 11) is -2.05. The minimum absolute atomic E-state index is 0.148. The van der Waals surface area contributed by atoms with E-state index >= 15 is 0 Å². The van der Waals surface area contributed by atoms with Gasteiger partial charge in [-0.15, -0.1) is 0 Å². The Hall–Kier alpha value is -1.84. The molecule has 7 nitrogen and oxygen atoms in total. The second-order valence-corrected chi connectivity index (χ2v) is 9.31. The molecule has 29 heavy (non-hydrogen) atoms. The Kier molecular flexibility index (Phi) is 7.02. The highest BCUT2D eigenvalue weighted by molar-refractivity contribution is 7.89. The number of anilines is 1. The molecule has 2 aromatic rings. The Morgan fingerprint density at radius 3 is 2.31 bits per heavy atom. The van der Waals surface area contributed by atoms with Gasteiger partial charge in [0.25, 0.3) is 0 Å². The number of halogens is 2. The van der Waals surface area contributed by atoms with Crippen molar-refractivity contribution in [1.29, 1.82) is 0 Å². The largest absolute Gasteiger partial charge is 0.497 e. The van der Waals surface area contributed by atoms with E-state index < -0.39 is 10.0 Å². The Morgan fingerprint density at radius 2 is 1.72 bits per heavy atom. The summed E-state index contributed by atoms with van der Waals surface area (Å²) in [5, 5.41) is 3.60. The van der Waals surface area contributed by atoms with Crippen LogP contribution in [0.4, 0.5) is 5.69 Å². The van der Waals surface area contributed by atoms with Crippen molar-refractivity contribution in [2.24, 2.45) is 0 Å². The molecule has 0 aromatic heterocycles. The van der Waals surface area contributed by atoms with E-state index in [0.717, 1.165) is 0 Å². The van der Waals surface area contributed by atoms with Crippen molar-refractivity contribution in [2.45, 2.75) is 4.90 Å². The van der Waals surface area contributed by atoms with Gasteiger partial charge in [-0.3, -0.25) is 9.69 Å². The zero-order valence-electron chi connectivity index (χ0n) is 15.8. The highest BCUT2D eigenvalue weighted by atomic mass is 35.5. The van der Waals surface area contributed by atoms with Gasteiger partial charge in [-0.25, -0.2) is 8.42 Å². The zero-order valence-corrected chi connectivity index (χ0v) is 18.1. The van der Waals surface area contributed by atoms with Gasteiger partial charge in [0.1, 0.15) is 5.75 Å². The van der Waals surface area contributed by atoms with Crippen LogP contribution in [-0.4, -0.2) is 63.4 Å². The SMILES string of the molecule is COc1ccc(S(=O)(=O)N2CCN(CC(=O)Nc3ccc(Cl)cc3Cl)CC2)cc1. The molecule has 1 heterocycles. The first-order chi connectivity index (χ1) is 13.8. The fraction of sp³-hybridized carbons (Fsp3) is 0.316. The second kappa shape index (κ2) is 9.32. The molecule has 156 valence electrons. The van der Waals surface area contributed by atoms with Crippen LogP contribution in [0.2, 0.25) is 10.0 Å². The Labute approximate surface area is 180 Å². The molecule has 1 amide bonds. The highest BCUT2D eigenvalue weighted by Gasteiger charge is 2.29. The van der Waals surface area contributed by atoms with Crippen molar-refractivity contribution in [1.82, 2.24) is 9.21 Å². The summed E-state index contributed by atoms with van der Waals surface area (Å²) in [4.78, 5) is 14.4. The number of ether oxygens (including phenoxy) is 1. The van der Waals surface area contributed by atoms with Crippen molar-refractivity contribution in [3.05, 3.63) is 52.5 Å². The van der Waals surface area contributed by atoms with Gasteiger partial charge in [0.2, 0.25) is 15.9 Å². The van der Waals surface area contributed by atoms with Gasteiger partial charge < -0.3 is 10.1 Å². The number of sulfonamides is 1. The molecular weight excluding hydrogens is 437 g/mol. The van der Waals surface area contributed by atoms with Crippen LogP contribution < -0.4 is 10.1 Å². The Balaban J connectivity index is 1.54. The van der Waals surface area contributed by atoms with Gasteiger partial charge in [-0.2, -0.15) is 4.31 Å². The van der Waals surface area contributed by atoms with Crippen LogP contribution in [0.5, 0.6) is 5.75 Å². The number of piperazine rings is 1. The molecule has 3 rings (SSSR count). The maximum Gasteiger partial charge on any atom is 0.243 e. The lowest BCUT2D eigenvalue weighted by molar-refractivity contribution is -0.117. The molecule has 0 atom stereocenters. The number of hydrogen-bond donors (Lipinski definition) is 1. The average Bonchev–Trinajstić information content (AvgIpc) is 2.70. The van der Waals surface area contributed by atoms with Crippen LogP contribution >= 0.6 is 23.2 Å². The summed E-state index contributed by atoms with van der Waals surface area (Å²) >= 11 is 11.9. The topological polar surface area (TPSA) is 79.0 Å². The van der Waals surface area contributed by atoms with E-state index in [9.17, 15) is 13.2 Å². The summed E-state index contributed by atoms with van der Waals surface area (Å²) in [6, 6.07) is 11.1. The van der Waals surface area contributed by atoms with E-state index in [1.54, 1.807) is 30.3 Å². The number of benzene rings is 2. The number of nitrogens with zero attached hydrogens (tertiary/aromatic N) is 2. The molecule has 1 fully saturated rings. The molecule has 2 aromatic carbocycles. The number of rotatable bonds is 6. The maximum atomic E-state index is 12.8. The highest BCUT2D eigenvalue weighted by Crippen LogP contribution is 2.25. The van der Waals surface area contributed by atoms with Crippen LogP contribution in [0.1, 0.15) is 0 Å². The number of methoxy groups -OCH3 is 1. The van der Waals surface area contributed by atoms with Crippen molar-refractivity contribution >= 4 is 44.8 Å². The van der Waals surface area contributed by atoms with Crippen LogP contribution in [0.15, 0.2) is 47.4 Å². The lowest BCUT2D eigenvalue weighted by Gasteiger charge is -2.33. The number of carbonyl (C=O) groups is 1. The average molecular weight is 458 g/mol. The van der Waals surface area contributed by atoms with Crippen LogP contribution in [-0.2, 0) is 14.8 Å². The van der Waals surface area contributed by atoms with Gasteiger partial charge in [0.05, 0.1) is 29.3 Å². The third-order valence-electron chi connectivity index (χ3n) is 4.60. The van der Waals surface area contributed by atoms with Crippen LogP contribution in [0, 0.1) is 0 Å². The summed E-state index contributed by atoms with van der Waals surface area (Å²) < 4.78 is 32.1. The number of amides is 1. The minimum atomic E-state index is -3.58. The molecule has 0 saturated carbocycles. The molecule has 1 aliphatic heterocycles. The van der Waals surface area contributed by atoms with Crippen molar-refractivity contribution in [2.75, 3.05) is 45.2 Å². The van der Waals surface area contributed by atoms with E-state index in [2.05, 4.69) is 5.32 Å². The first-order valence-electron chi connectivity index (χ1n) is 8.91. The fourth-order valence-electron chi connectivity index (χ4n) is 3.01. The smallest absolute Gasteiger partial charge is 0.243 e. The summed E-state index contributed by atoms with van der Waals surface area (Å²) in [6.07, 6.45) is 0. The van der Waals surface area contributed by atoms with E-state index in [1.807, 2.05) is 4.90 Å². The minimum Gasteiger partial charge on any atom is -0.497 e. The van der Waals surface area contributed by atoms with Gasteiger partial charge in [0.15, 0.2) is 0 Å². The second-order valence-electron chi connectivity index (χ2n) is 6.53. The molecule has 0 aliphatic carbocycles. The quantitative estimate of drug-likeness (QED) is 0.720. The van der Waals surface area contributed by atoms with E-state index in [4.69, 9.17) is 27.9 Å². The Bertz CT molecular complexity index is 975. The molecule has 0 spiro atoms. The first-order valence-corrected chi connectivity index (χ1v) is 11.1. The number of nitrogens with one attached hydrogen (secondary N) is 1. The lowest BCUT2D eigenvalue weighted by Crippen LogP contribution is -2.50. The van der Waals surface area contributed by atoms with Crippen LogP contribution in [0.25, 0.3) is 0 Å². The zero-order chi connectivity index (χ0) is 21.0. The predicted octanol–water partition coefficient (Wildman–Crippen LogP) is 2.95. The Morgan fingerprint density at radius 1 is 1.07 bits per heavy atom. The summed E-state index contributed by atoms with van der Waals surface area (Å²) in [5.74, 6) is 0.376. The lowest BCUT2D eigenvalue weighted by atomic mass is 10.3. The molecule has 0 unspecified atom stereocenters. The molecule has 1 aliphatic rings. The first kappa shape index (κ1) is 21.9. The normalized spacial score (nSPS) is 15.8. The van der Waals surface area contributed by atoms with Crippen molar-refractivity contribution < 1.29 is 17.9 Å². The van der Waals surface area contributed by atoms with Crippen molar-refractivity contribution in [3.8, 4) is 5.75 Å². The van der Waals surface area contributed by atoms with E-state index in [1.165, 1.54) is 23.5 Å². The summed E-state index contributed by atoms with van der Waals surface area (Å²) in [5.41, 5.74) is 0.488. The maximum absolute atomic E-state index is 12.8. The molecule has 1 saturated heterocycles. The molecule has 10 heteroatoms. The monoisotopic (exact) mass is 457 g/mol. The van der Waals surface area contributed by atoms with Gasteiger partial charge in [0, 0.05) is 31.2 Å². The summed E-state index contributed by atoms with van der Waals surface area (Å²) in [6.45, 7) is 1.68. The number of carbonyl (C=O) groups excluding carboxylic acids is 1. The predicted molar refractivity (Wildman–Crippen MR) is 113 cm³/mol. The van der Waals surface area contributed by atoms with E-state index in [0.29, 0.717) is 47.7 Å². The van der Waals surface area contributed by atoms with Gasteiger partial charge in [-0.1, -0.05) is 23.2 Å². The van der Waals surface area contributed by atoms with E-state index in [-0.39, 0.29) is 17.3 Å². The molecular formula is C19H21Cl2N3O4S.